The van der Waals surface area contributed by atoms with Crippen LogP contribution in [0.25, 0.3) is 27.8 Å². The van der Waals surface area contributed by atoms with Gasteiger partial charge in [-0.05, 0) is 41.9 Å². The first-order valence-electron chi connectivity index (χ1n) is 10.3. The minimum atomic E-state index is 0.780. The van der Waals surface area contributed by atoms with Gasteiger partial charge in [0.15, 0.2) is 5.58 Å². The molecule has 0 radical (unpaired) electrons. The van der Waals surface area contributed by atoms with Gasteiger partial charge in [0.1, 0.15) is 11.8 Å². The van der Waals surface area contributed by atoms with E-state index in [2.05, 4.69) is 65.9 Å². The Morgan fingerprint density at radius 1 is 0.933 bits per heavy atom. The number of hydrogen-bond acceptors (Lipinski definition) is 4. The van der Waals surface area contributed by atoms with E-state index in [-0.39, 0.29) is 0 Å². The van der Waals surface area contributed by atoms with Gasteiger partial charge in [-0.2, -0.15) is 0 Å². The molecule has 150 valence electrons. The van der Waals surface area contributed by atoms with Crippen molar-refractivity contribution in [1.82, 2.24) is 9.88 Å². The SMILES string of the molecule is C=C(c1ccccc1)c1coc2cc(-c3ccc(N4CCN(C)CC4)cc3)cnc12. The summed E-state index contributed by atoms with van der Waals surface area (Å²) in [7, 11) is 2.18. The third kappa shape index (κ3) is 3.51. The maximum atomic E-state index is 5.85. The molecule has 4 nitrogen and oxygen atoms in total. The van der Waals surface area contributed by atoms with Crippen LogP contribution in [0.2, 0.25) is 0 Å². The standard InChI is InChI=1S/C26H25N3O/c1-19(20-6-4-3-5-7-20)24-18-30-25-16-22(17-27-26(24)25)21-8-10-23(11-9-21)29-14-12-28(2)13-15-29/h3-11,16-18H,1,12-15H2,2H3. The molecule has 4 heteroatoms. The smallest absolute Gasteiger partial charge is 0.153 e. The Kier molecular flexibility index (Phi) is 4.85. The molecule has 0 amide bonds. The fourth-order valence-electron chi connectivity index (χ4n) is 4.01. The number of hydrogen-bond donors (Lipinski definition) is 0. The zero-order valence-corrected chi connectivity index (χ0v) is 17.2. The van der Waals surface area contributed by atoms with Crippen LogP contribution in [0.4, 0.5) is 5.69 Å². The van der Waals surface area contributed by atoms with Crippen molar-refractivity contribution in [3.63, 3.8) is 0 Å². The van der Waals surface area contributed by atoms with E-state index in [0.717, 1.165) is 65.1 Å². The number of anilines is 1. The number of piperazine rings is 1. The molecule has 0 bridgehead atoms. The van der Waals surface area contributed by atoms with E-state index in [1.54, 1.807) is 6.26 Å². The fraction of sp³-hybridized carbons (Fsp3) is 0.192. The van der Waals surface area contributed by atoms with Crippen LogP contribution in [-0.2, 0) is 0 Å². The van der Waals surface area contributed by atoms with Gasteiger partial charge in [0.05, 0.1) is 0 Å². The van der Waals surface area contributed by atoms with Crippen molar-refractivity contribution >= 4 is 22.4 Å². The van der Waals surface area contributed by atoms with Crippen LogP contribution in [0.5, 0.6) is 0 Å². The largest absolute Gasteiger partial charge is 0.462 e. The minimum absolute atomic E-state index is 0.780. The van der Waals surface area contributed by atoms with Gasteiger partial charge in [0, 0.05) is 49.2 Å². The predicted molar refractivity (Wildman–Crippen MR) is 124 cm³/mol. The predicted octanol–water partition coefficient (Wildman–Crippen LogP) is 5.31. The number of rotatable bonds is 4. The first-order chi connectivity index (χ1) is 14.7. The molecule has 3 heterocycles. The zero-order valence-electron chi connectivity index (χ0n) is 17.2. The maximum absolute atomic E-state index is 5.85. The van der Waals surface area contributed by atoms with Crippen LogP contribution in [0.15, 0.2) is 84.1 Å². The second kappa shape index (κ2) is 7.81. The van der Waals surface area contributed by atoms with E-state index in [1.807, 2.05) is 24.4 Å². The van der Waals surface area contributed by atoms with Crippen LogP contribution >= 0.6 is 0 Å². The number of fused-ring (bicyclic) bond motifs is 1. The summed E-state index contributed by atoms with van der Waals surface area (Å²) < 4.78 is 5.85. The van der Waals surface area contributed by atoms with Crippen molar-refractivity contribution in [2.75, 3.05) is 38.1 Å². The molecule has 0 saturated carbocycles. The second-order valence-electron chi connectivity index (χ2n) is 7.90. The highest BCUT2D eigenvalue weighted by molar-refractivity contribution is 5.93. The molecule has 2 aromatic heterocycles. The van der Waals surface area contributed by atoms with Gasteiger partial charge in [0.2, 0.25) is 0 Å². The summed E-state index contributed by atoms with van der Waals surface area (Å²) in [4.78, 5) is 9.53. The molecule has 1 saturated heterocycles. The van der Waals surface area contributed by atoms with Gasteiger partial charge < -0.3 is 14.2 Å². The highest BCUT2D eigenvalue weighted by Crippen LogP contribution is 2.32. The van der Waals surface area contributed by atoms with Crippen LogP contribution in [0, 0.1) is 0 Å². The molecule has 0 unspecified atom stereocenters. The molecule has 0 atom stereocenters. The summed E-state index contributed by atoms with van der Waals surface area (Å²) in [5.74, 6) is 0. The molecule has 30 heavy (non-hydrogen) atoms. The third-order valence-electron chi connectivity index (χ3n) is 5.93. The molecule has 0 spiro atoms. The molecule has 2 aromatic carbocycles. The van der Waals surface area contributed by atoms with E-state index in [0.29, 0.717) is 0 Å². The normalized spacial score (nSPS) is 14.9. The lowest BCUT2D eigenvalue weighted by molar-refractivity contribution is 0.313. The van der Waals surface area contributed by atoms with Crippen molar-refractivity contribution < 1.29 is 4.42 Å². The summed E-state index contributed by atoms with van der Waals surface area (Å²) in [5, 5.41) is 0. The van der Waals surface area contributed by atoms with Gasteiger partial charge in [-0.3, -0.25) is 4.98 Å². The topological polar surface area (TPSA) is 32.5 Å². The summed E-state index contributed by atoms with van der Waals surface area (Å²) in [6, 6.07) is 21.0. The fourth-order valence-corrected chi connectivity index (χ4v) is 4.01. The lowest BCUT2D eigenvalue weighted by Gasteiger charge is -2.34. The number of pyridine rings is 1. The molecule has 1 fully saturated rings. The molecule has 1 aliphatic rings. The van der Waals surface area contributed by atoms with Crippen molar-refractivity contribution in [2.24, 2.45) is 0 Å². The Morgan fingerprint density at radius 2 is 1.67 bits per heavy atom. The van der Waals surface area contributed by atoms with Crippen molar-refractivity contribution in [3.05, 3.63) is 90.8 Å². The van der Waals surface area contributed by atoms with E-state index in [4.69, 9.17) is 9.40 Å². The number of furan rings is 1. The first kappa shape index (κ1) is 18.6. The Hall–Kier alpha value is -3.37. The van der Waals surface area contributed by atoms with Gasteiger partial charge in [-0.15, -0.1) is 0 Å². The highest BCUT2D eigenvalue weighted by Gasteiger charge is 2.15. The minimum Gasteiger partial charge on any atom is -0.462 e. The summed E-state index contributed by atoms with van der Waals surface area (Å²) in [6.45, 7) is 8.61. The van der Waals surface area contributed by atoms with Crippen LogP contribution in [0.1, 0.15) is 11.1 Å². The van der Waals surface area contributed by atoms with Gasteiger partial charge in [-0.1, -0.05) is 49.0 Å². The van der Waals surface area contributed by atoms with Gasteiger partial charge >= 0.3 is 0 Å². The van der Waals surface area contributed by atoms with Crippen molar-refractivity contribution in [3.8, 4) is 11.1 Å². The van der Waals surface area contributed by atoms with Gasteiger partial charge in [0.25, 0.3) is 0 Å². The molecular weight excluding hydrogens is 370 g/mol. The molecule has 5 rings (SSSR count). The van der Waals surface area contributed by atoms with Crippen LogP contribution in [0.3, 0.4) is 0 Å². The van der Waals surface area contributed by atoms with E-state index < -0.39 is 0 Å². The lowest BCUT2D eigenvalue weighted by atomic mass is 10.0. The lowest BCUT2D eigenvalue weighted by Crippen LogP contribution is -2.44. The summed E-state index contributed by atoms with van der Waals surface area (Å²) >= 11 is 0. The van der Waals surface area contributed by atoms with Crippen LogP contribution in [-0.4, -0.2) is 43.1 Å². The summed E-state index contributed by atoms with van der Waals surface area (Å²) in [6.07, 6.45) is 3.68. The monoisotopic (exact) mass is 395 g/mol. The molecule has 0 aliphatic carbocycles. The molecule has 0 N–H and O–H groups in total. The summed E-state index contributed by atoms with van der Waals surface area (Å²) in [5.41, 5.74) is 8.04. The molecule has 4 aromatic rings. The first-order valence-corrected chi connectivity index (χ1v) is 10.3. The molecule has 1 aliphatic heterocycles. The van der Waals surface area contributed by atoms with Gasteiger partial charge in [-0.25, -0.2) is 0 Å². The Labute approximate surface area is 177 Å². The zero-order chi connectivity index (χ0) is 20.5. The average molecular weight is 396 g/mol. The average Bonchev–Trinajstić information content (AvgIpc) is 3.23. The highest BCUT2D eigenvalue weighted by atomic mass is 16.3. The van der Waals surface area contributed by atoms with E-state index >= 15 is 0 Å². The third-order valence-corrected chi connectivity index (χ3v) is 5.93. The number of nitrogens with zero attached hydrogens (tertiary/aromatic N) is 3. The quantitative estimate of drug-likeness (QED) is 0.469. The van der Waals surface area contributed by atoms with E-state index in [9.17, 15) is 0 Å². The second-order valence-corrected chi connectivity index (χ2v) is 7.90. The van der Waals surface area contributed by atoms with Crippen molar-refractivity contribution in [2.45, 2.75) is 0 Å². The van der Waals surface area contributed by atoms with E-state index in [1.165, 1.54) is 5.69 Å². The number of aromatic nitrogens is 1. The van der Waals surface area contributed by atoms with Crippen LogP contribution < -0.4 is 4.90 Å². The number of benzene rings is 2. The van der Waals surface area contributed by atoms with Crippen molar-refractivity contribution in [1.29, 1.82) is 0 Å². The maximum Gasteiger partial charge on any atom is 0.153 e. The molecular formula is C26H25N3O. The Bertz CT molecular complexity index is 1170. The number of likely N-dealkylation sites (N-methyl/N-ethyl adjacent to an activating group) is 1. The Morgan fingerprint density at radius 3 is 2.40 bits per heavy atom. The Balaban J connectivity index is 1.40.